The molecular weight excluding hydrogens is 184 g/mol. The number of rotatable bonds is 2. The highest BCUT2D eigenvalue weighted by molar-refractivity contribution is 5.86. The van der Waals surface area contributed by atoms with Crippen molar-refractivity contribution >= 4 is 10.9 Å². The maximum atomic E-state index is 9.03. The summed E-state index contributed by atoms with van der Waals surface area (Å²) in [5, 5.41) is 10.1. The van der Waals surface area contributed by atoms with E-state index in [9.17, 15) is 0 Å². The van der Waals surface area contributed by atoms with Crippen LogP contribution in [0.4, 0.5) is 0 Å². The molecular formula is C13H13N2. The second kappa shape index (κ2) is 3.78. The van der Waals surface area contributed by atoms with Crippen LogP contribution in [0.2, 0.25) is 0 Å². The highest BCUT2D eigenvalue weighted by atomic mass is 15.0. The van der Waals surface area contributed by atoms with E-state index in [2.05, 4.69) is 30.0 Å². The van der Waals surface area contributed by atoms with E-state index in [0.29, 0.717) is 6.04 Å². The second-order valence-corrected chi connectivity index (χ2v) is 3.65. The maximum absolute atomic E-state index is 9.03. The average Bonchev–Trinajstić information content (AvgIpc) is 2.67. The molecule has 0 spiro atoms. The molecule has 1 atom stereocenters. The lowest BCUT2D eigenvalue weighted by atomic mass is 10.2. The van der Waals surface area contributed by atoms with Crippen LogP contribution in [0.25, 0.3) is 10.9 Å². The number of nitriles is 1. The van der Waals surface area contributed by atoms with Gasteiger partial charge in [-0.1, -0.05) is 25.1 Å². The summed E-state index contributed by atoms with van der Waals surface area (Å²) in [6.45, 7) is 4.15. The molecule has 15 heavy (non-hydrogen) atoms. The third-order valence-corrected chi connectivity index (χ3v) is 2.78. The van der Waals surface area contributed by atoms with Gasteiger partial charge in [0, 0.05) is 23.1 Å². The fourth-order valence-corrected chi connectivity index (χ4v) is 1.79. The SMILES string of the molecule is C[CH]C(C)n1cc(C#N)c2ccccc21. The van der Waals surface area contributed by atoms with Crippen molar-refractivity contribution in [3.05, 3.63) is 42.4 Å². The van der Waals surface area contributed by atoms with Crippen molar-refractivity contribution < 1.29 is 0 Å². The topological polar surface area (TPSA) is 28.7 Å². The Morgan fingerprint density at radius 3 is 2.80 bits per heavy atom. The van der Waals surface area contributed by atoms with Gasteiger partial charge in [0.1, 0.15) is 6.07 Å². The highest BCUT2D eigenvalue weighted by Crippen LogP contribution is 2.24. The Balaban J connectivity index is 2.71. The molecule has 2 rings (SSSR count). The zero-order chi connectivity index (χ0) is 10.8. The smallest absolute Gasteiger partial charge is 0.101 e. The average molecular weight is 197 g/mol. The molecule has 1 aromatic carbocycles. The van der Waals surface area contributed by atoms with Gasteiger partial charge >= 0.3 is 0 Å². The molecule has 1 heterocycles. The summed E-state index contributed by atoms with van der Waals surface area (Å²) in [5.74, 6) is 0. The standard InChI is InChI=1S/C13H13N2/c1-3-10(2)15-9-11(8-14)12-6-4-5-7-13(12)15/h3-7,9-10H,1-2H3. The summed E-state index contributed by atoms with van der Waals surface area (Å²) in [4.78, 5) is 0. The Hall–Kier alpha value is -1.75. The van der Waals surface area contributed by atoms with Crippen molar-refractivity contribution in [2.45, 2.75) is 19.9 Å². The second-order valence-electron chi connectivity index (χ2n) is 3.65. The fourth-order valence-electron chi connectivity index (χ4n) is 1.79. The molecule has 0 bridgehead atoms. The van der Waals surface area contributed by atoms with Gasteiger partial charge in [-0.05, 0) is 19.4 Å². The van der Waals surface area contributed by atoms with Crippen LogP contribution in [-0.2, 0) is 0 Å². The monoisotopic (exact) mass is 197 g/mol. The van der Waals surface area contributed by atoms with Gasteiger partial charge in [-0.2, -0.15) is 5.26 Å². The molecule has 1 unspecified atom stereocenters. The third kappa shape index (κ3) is 1.50. The lowest BCUT2D eigenvalue weighted by molar-refractivity contribution is 0.643. The minimum atomic E-state index is 0.317. The first-order chi connectivity index (χ1) is 7.27. The van der Waals surface area contributed by atoms with Gasteiger partial charge < -0.3 is 4.57 Å². The van der Waals surface area contributed by atoms with Gasteiger partial charge in [0.05, 0.1) is 5.56 Å². The Kier molecular flexibility index (Phi) is 2.47. The van der Waals surface area contributed by atoms with E-state index < -0.39 is 0 Å². The lowest BCUT2D eigenvalue weighted by Gasteiger charge is -2.11. The van der Waals surface area contributed by atoms with E-state index in [-0.39, 0.29) is 0 Å². The van der Waals surface area contributed by atoms with E-state index in [0.717, 1.165) is 16.5 Å². The summed E-state index contributed by atoms with van der Waals surface area (Å²) in [6.07, 6.45) is 4.04. The first kappa shape index (κ1) is 9.79. The van der Waals surface area contributed by atoms with Crippen molar-refractivity contribution in [2.75, 3.05) is 0 Å². The number of fused-ring (bicyclic) bond motifs is 1. The number of hydrogen-bond donors (Lipinski definition) is 0. The van der Waals surface area contributed by atoms with Crippen LogP contribution in [0.15, 0.2) is 30.5 Å². The zero-order valence-corrected chi connectivity index (χ0v) is 8.94. The van der Waals surface area contributed by atoms with Gasteiger partial charge in [-0.25, -0.2) is 0 Å². The van der Waals surface area contributed by atoms with Crippen molar-refractivity contribution in [1.82, 2.24) is 4.57 Å². The van der Waals surface area contributed by atoms with Crippen molar-refractivity contribution in [3.8, 4) is 6.07 Å². The summed E-state index contributed by atoms with van der Waals surface area (Å²) < 4.78 is 2.13. The van der Waals surface area contributed by atoms with E-state index >= 15 is 0 Å². The molecule has 0 aliphatic rings. The minimum Gasteiger partial charge on any atom is -0.343 e. The first-order valence-electron chi connectivity index (χ1n) is 5.07. The fraction of sp³-hybridized carbons (Fsp3) is 0.231. The van der Waals surface area contributed by atoms with E-state index in [1.54, 1.807) is 0 Å². The Labute approximate surface area is 89.7 Å². The van der Waals surface area contributed by atoms with E-state index in [1.165, 1.54) is 0 Å². The molecule has 2 aromatic rings. The minimum absolute atomic E-state index is 0.317. The Morgan fingerprint density at radius 2 is 2.13 bits per heavy atom. The lowest BCUT2D eigenvalue weighted by Crippen LogP contribution is -2.01. The maximum Gasteiger partial charge on any atom is 0.101 e. The summed E-state index contributed by atoms with van der Waals surface area (Å²) in [6, 6.07) is 10.6. The largest absolute Gasteiger partial charge is 0.343 e. The quantitative estimate of drug-likeness (QED) is 0.726. The Bertz CT molecular complexity index is 517. The van der Waals surface area contributed by atoms with Crippen LogP contribution in [0.5, 0.6) is 0 Å². The molecule has 0 aliphatic carbocycles. The number of nitrogens with zero attached hydrogens (tertiary/aromatic N) is 2. The van der Waals surface area contributed by atoms with E-state index in [4.69, 9.17) is 5.26 Å². The molecule has 0 saturated carbocycles. The molecule has 0 aliphatic heterocycles. The third-order valence-electron chi connectivity index (χ3n) is 2.78. The zero-order valence-electron chi connectivity index (χ0n) is 8.94. The van der Waals surface area contributed by atoms with Gasteiger partial charge in [-0.3, -0.25) is 0 Å². The molecule has 75 valence electrons. The molecule has 0 N–H and O–H groups in total. The molecule has 2 nitrogen and oxygen atoms in total. The van der Waals surface area contributed by atoms with Crippen LogP contribution in [0, 0.1) is 17.8 Å². The molecule has 2 heteroatoms. The van der Waals surface area contributed by atoms with Crippen LogP contribution in [0.1, 0.15) is 25.5 Å². The number of benzene rings is 1. The predicted octanol–water partition coefficient (Wildman–Crippen LogP) is 3.30. The molecule has 1 aromatic heterocycles. The Morgan fingerprint density at radius 1 is 1.40 bits per heavy atom. The number of hydrogen-bond acceptors (Lipinski definition) is 1. The summed E-state index contributed by atoms with van der Waals surface area (Å²) >= 11 is 0. The summed E-state index contributed by atoms with van der Waals surface area (Å²) in [5.41, 5.74) is 1.87. The van der Waals surface area contributed by atoms with Crippen molar-refractivity contribution in [1.29, 1.82) is 5.26 Å². The molecule has 0 saturated heterocycles. The summed E-state index contributed by atoms with van der Waals surface area (Å²) in [7, 11) is 0. The van der Waals surface area contributed by atoms with E-state index in [1.807, 2.05) is 31.3 Å². The normalized spacial score (nSPS) is 12.6. The number of para-hydroxylation sites is 1. The van der Waals surface area contributed by atoms with Gasteiger partial charge in [0.25, 0.3) is 0 Å². The van der Waals surface area contributed by atoms with Gasteiger partial charge in [-0.15, -0.1) is 0 Å². The van der Waals surface area contributed by atoms with Crippen molar-refractivity contribution in [3.63, 3.8) is 0 Å². The van der Waals surface area contributed by atoms with Gasteiger partial charge in [0.15, 0.2) is 0 Å². The van der Waals surface area contributed by atoms with Crippen molar-refractivity contribution in [2.24, 2.45) is 0 Å². The molecule has 0 fully saturated rings. The van der Waals surface area contributed by atoms with Gasteiger partial charge in [0.2, 0.25) is 0 Å². The first-order valence-corrected chi connectivity index (χ1v) is 5.07. The number of aromatic nitrogens is 1. The highest BCUT2D eigenvalue weighted by Gasteiger charge is 2.10. The molecule has 1 radical (unpaired) electrons. The van der Waals surface area contributed by atoms with Crippen LogP contribution in [0.3, 0.4) is 0 Å². The van der Waals surface area contributed by atoms with Crippen LogP contribution in [-0.4, -0.2) is 4.57 Å². The predicted molar refractivity (Wildman–Crippen MR) is 61.3 cm³/mol. The van der Waals surface area contributed by atoms with Crippen LogP contribution >= 0.6 is 0 Å². The van der Waals surface area contributed by atoms with Crippen LogP contribution < -0.4 is 0 Å². The molecule has 0 amide bonds.